The topological polar surface area (TPSA) is 84.5 Å². The fourth-order valence-corrected chi connectivity index (χ4v) is 2.75. The number of nitrogens with one attached hydrogen (secondary N) is 2. The average Bonchev–Trinajstić information content (AvgIpc) is 2.44. The number of rotatable bonds is 5. The van der Waals surface area contributed by atoms with E-state index in [1.54, 1.807) is 6.07 Å². The molecular formula is C13H18N2O4S. The standard InChI is InChI=1S/C13H18N2O4S/c1-3-4-5-12-13(16)15-10-8-9(20(17,18)14-2)6-7-11(10)19-12/h6-8,12,14H,3-5H2,1-2H3,(H,15,16). The Balaban J connectivity index is 2.26. The fraction of sp³-hybridized carbons (Fsp3) is 0.462. The first kappa shape index (κ1) is 14.8. The van der Waals surface area contributed by atoms with Crippen LogP contribution in [0, 0.1) is 0 Å². The second-order valence-electron chi connectivity index (χ2n) is 4.60. The normalized spacial score (nSPS) is 18.1. The average molecular weight is 298 g/mol. The third-order valence-electron chi connectivity index (χ3n) is 3.17. The maximum absolute atomic E-state index is 11.9. The lowest BCUT2D eigenvalue weighted by Crippen LogP contribution is -2.37. The number of sulfonamides is 1. The molecule has 0 spiro atoms. The van der Waals surface area contributed by atoms with Gasteiger partial charge in [-0.3, -0.25) is 4.79 Å². The van der Waals surface area contributed by atoms with E-state index in [0.29, 0.717) is 17.9 Å². The van der Waals surface area contributed by atoms with Gasteiger partial charge < -0.3 is 10.1 Å². The molecule has 0 saturated carbocycles. The molecular weight excluding hydrogens is 280 g/mol. The first-order chi connectivity index (χ1) is 9.47. The molecule has 0 aromatic heterocycles. The van der Waals surface area contributed by atoms with Crippen LogP contribution in [0.4, 0.5) is 5.69 Å². The summed E-state index contributed by atoms with van der Waals surface area (Å²) in [5.74, 6) is 0.269. The van der Waals surface area contributed by atoms with Crippen molar-refractivity contribution in [2.75, 3.05) is 12.4 Å². The Kier molecular flexibility index (Phi) is 4.29. The van der Waals surface area contributed by atoms with Crippen molar-refractivity contribution in [3.05, 3.63) is 18.2 Å². The van der Waals surface area contributed by atoms with Crippen molar-refractivity contribution in [1.29, 1.82) is 0 Å². The van der Waals surface area contributed by atoms with Gasteiger partial charge in [0.1, 0.15) is 5.75 Å². The number of carbonyl (C=O) groups excluding carboxylic acids is 1. The molecule has 6 nitrogen and oxygen atoms in total. The Morgan fingerprint density at radius 3 is 2.80 bits per heavy atom. The largest absolute Gasteiger partial charge is 0.478 e. The smallest absolute Gasteiger partial charge is 0.265 e. The summed E-state index contributed by atoms with van der Waals surface area (Å²) in [6.07, 6.45) is 2.03. The number of hydrogen-bond donors (Lipinski definition) is 2. The summed E-state index contributed by atoms with van der Waals surface area (Å²) >= 11 is 0. The van der Waals surface area contributed by atoms with Gasteiger partial charge in [-0.1, -0.05) is 13.3 Å². The quantitative estimate of drug-likeness (QED) is 0.862. The van der Waals surface area contributed by atoms with Gasteiger partial charge in [-0.2, -0.15) is 0 Å². The molecule has 7 heteroatoms. The summed E-state index contributed by atoms with van der Waals surface area (Å²) < 4.78 is 31.3. The minimum absolute atomic E-state index is 0.0923. The molecule has 0 fully saturated rings. The van der Waals surface area contributed by atoms with E-state index in [-0.39, 0.29) is 10.8 Å². The SMILES string of the molecule is CCCCC1Oc2ccc(S(=O)(=O)NC)cc2NC1=O. The highest BCUT2D eigenvalue weighted by Gasteiger charge is 2.28. The van der Waals surface area contributed by atoms with Crippen LogP contribution < -0.4 is 14.8 Å². The van der Waals surface area contributed by atoms with E-state index >= 15 is 0 Å². The van der Waals surface area contributed by atoms with Crippen LogP contribution in [-0.4, -0.2) is 27.5 Å². The number of ether oxygens (including phenoxy) is 1. The molecule has 1 aromatic carbocycles. The highest BCUT2D eigenvalue weighted by atomic mass is 32.2. The molecule has 1 aromatic rings. The van der Waals surface area contributed by atoms with Crippen LogP contribution in [0.2, 0.25) is 0 Å². The van der Waals surface area contributed by atoms with Gasteiger partial charge in [-0.05, 0) is 38.1 Å². The van der Waals surface area contributed by atoms with Crippen LogP contribution in [-0.2, 0) is 14.8 Å². The Morgan fingerprint density at radius 2 is 2.15 bits per heavy atom. The summed E-state index contributed by atoms with van der Waals surface area (Å²) in [4.78, 5) is 12.0. The highest BCUT2D eigenvalue weighted by molar-refractivity contribution is 7.89. The van der Waals surface area contributed by atoms with Crippen molar-refractivity contribution >= 4 is 21.6 Å². The minimum Gasteiger partial charge on any atom is -0.478 e. The van der Waals surface area contributed by atoms with E-state index < -0.39 is 16.1 Å². The van der Waals surface area contributed by atoms with Gasteiger partial charge in [-0.25, -0.2) is 13.1 Å². The molecule has 1 heterocycles. The zero-order valence-corrected chi connectivity index (χ0v) is 12.3. The minimum atomic E-state index is -3.53. The van der Waals surface area contributed by atoms with Gasteiger partial charge in [0, 0.05) is 0 Å². The second-order valence-corrected chi connectivity index (χ2v) is 6.49. The molecule has 1 aliphatic rings. The van der Waals surface area contributed by atoms with Crippen LogP contribution in [0.15, 0.2) is 23.1 Å². The third kappa shape index (κ3) is 2.94. The molecule has 0 aliphatic carbocycles. The lowest BCUT2D eigenvalue weighted by molar-refractivity contribution is -0.123. The fourth-order valence-electron chi connectivity index (χ4n) is 1.99. The lowest BCUT2D eigenvalue weighted by atomic mass is 10.1. The number of benzene rings is 1. The van der Waals surface area contributed by atoms with Crippen molar-refractivity contribution in [1.82, 2.24) is 4.72 Å². The zero-order valence-electron chi connectivity index (χ0n) is 11.5. The van der Waals surface area contributed by atoms with Crippen molar-refractivity contribution < 1.29 is 17.9 Å². The predicted octanol–water partition coefficient (Wildman–Crippen LogP) is 1.48. The number of hydrogen-bond acceptors (Lipinski definition) is 4. The van der Waals surface area contributed by atoms with Gasteiger partial charge >= 0.3 is 0 Å². The molecule has 1 aliphatic heterocycles. The predicted molar refractivity (Wildman–Crippen MR) is 75.3 cm³/mol. The van der Waals surface area contributed by atoms with Crippen molar-refractivity contribution in [3.63, 3.8) is 0 Å². The van der Waals surface area contributed by atoms with Crippen LogP contribution in [0.25, 0.3) is 0 Å². The molecule has 2 rings (SSSR count). The molecule has 110 valence electrons. The van der Waals surface area contributed by atoms with E-state index in [0.717, 1.165) is 12.8 Å². The van der Waals surface area contributed by atoms with Crippen molar-refractivity contribution in [3.8, 4) is 5.75 Å². The van der Waals surface area contributed by atoms with E-state index in [1.165, 1.54) is 19.2 Å². The van der Waals surface area contributed by atoms with Crippen LogP contribution in [0.1, 0.15) is 26.2 Å². The van der Waals surface area contributed by atoms with E-state index in [1.807, 2.05) is 6.92 Å². The first-order valence-electron chi connectivity index (χ1n) is 6.53. The first-order valence-corrected chi connectivity index (χ1v) is 8.01. The zero-order chi connectivity index (χ0) is 14.8. The number of unbranched alkanes of at least 4 members (excludes halogenated alkanes) is 1. The summed E-state index contributed by atoms with van der Waals surface area (Å²) in [5, 5.41) is 2.70. The molecule has 1 atom stereocenters. The second kappa shape index (κ2) is 5.80. The van der Waals surface area contributed by atoms with Crippen LogP contribution in [0.3, 0.4) is 0 Å². The maximum atomic E-state index is 11.9. The molecule has 1 unspecified atom stereocenters. The van der Waals surface area contributed by atoms with E-state index in [2.05, 4.69) is 10.0 Å². The van der Waals surface area contributed by atoms with Crippen LogP contribution >= 0.6 is 0 Å². The molecule has 2 N–H and O–H groups in total. The van der Waals surface area contributed by atoms with E-state index in [4.69, 9.17) is 4.74 Å². The summed E-state index contributed by atoms with van der Waals surface area (Å²) in [5.41, 5.74) is 0.388. The number of amides is 1. The Bertz CT molecular complexity index is 613. The monoisotopic (exact) mass is 298 g/mol. The lowest BCUT2D eigenvalue weighted by Gasteiger charge is -2.26. The van der Waals surface area contributed by atoms with Gasteiger partial charge in [0.15, 0.2) is 6.10 Å². The Hall–Kier alpha value is -1.60. The Morgan fingerprint density at radius 1 is 1.40 bits per heavy atom. The summed E-state index contributed by atoms with van der Waals surface area (Å²) in [6.45, 7) is 2.05. The van der Waals surface area contributed by atoms with Crippen LogP contribution in [0.5, 0.6) is 5.75 Å². The van der Waals surface area contributed by atoms with Gasteiger partial charge in [0.05, 0.1) is 10.6 Å². The molecule has 0 bridgehead atoms. The van der Waals surface area contributed by atoms with Crippen molar-refractivity contribution in [2.45, 2.75) is 37.2 Å². The molecule has 20 heavy (non-hydrogen) atoms. The van der Waals surface area contributed by atoms with Gasteiger partial charge in [-0.15, -0.1) is 0 Å². The summed E-state index contributed by atoms with van der Waals surface area (Å²) in [6, 6.07) is 4.42. The molecule has 0 saturated heterocycles. The molecule has 0 radical (unpaired) electrons. The number of anilines is 1. The van der Waals surface area contributed by atoms with E-state index in [9.17, 15) is 13.2 Å². The third-order valence-corrected chi connectivity index (χ3v) is 4.58. The number of fused-ring (bicyclic) bond motifs is 1. The Labute approximate surface area is 118 Å². The number of carbonyl (C=O) groups is 1. The molecule has 1 amide bonds. The van der Waals surface area contributed by atoms with Gasteiger partial charge in [0.25, 0.3) is 5.91 Å². The summed E-state index contributed by atoms with van der Waals surface area (Å²) in [7, 11) is -2.20. The maximum Gasteiger partial charge on any atom is 0.265 e. The van der Waals surface area contributed by atoms with Crippen molar-refractivity contribution in [2.24, 2.45) is 0 Å². The van der Waals surface area contributed by atoms with Gasteiger partial charge in [0.2, 0.25) is 10.0 Å². The highest BCUT2D eigenvalue weighted by Crippen LogP contribution is 2.32.